The van der Waals surface area contributed by atoms with Crippen LogP contribution in [0.25, 0.3) is 0 Å². The lowest BCUT2D eigenvalue weighted by atomic mass is 10.1. The van der Waals surface area contributed by atoms with Crippen molar-refractivity contribution in [3.05, 3.63) is 68.3 Å². The molecule has 0 radical (unpaired) electrons. The van der Waals surface area contributed by atoms with E-state index in [4.69, 9.17) is 34.8 Å². The lowest BCUT2D eigenvalue weighted by Gasteiger charge is -2.17. The van der Waals surface area contributed by atoms with E-state index in [0.717, 1.165) is 16.0 Å². The second-order valence-electron chi connectivity index (χ2n) is 5.73. The van der Waals surface area contributed by atoms with Gasteiger partial charge in [0.05, 0.1) is 10.7 Å². The van der Waals surface area contributed by atoms with Crippen LogP contribution >= 0.6 is 34.8 Å². The molecule has 1 aliphatic rings. The number of carbonyl (C=O) groups excluding carboxylic acids is 2. The Balaban J connectivity index is 1.96. The third kappa shape index (κ3) is 3.38. The van der Waals surface area contributed by atoms with Crippen LogP contribution in [-0.4, -0.2) is 11.8 Å². The Morgan fingerprint density at radius 3 is 2.12 bits per heavy atom. The number of benzene rings is 2. The summed E-state index contributed by atoms with van der Waals surface area (Å²) in [6.07, 6.45) is 0. The number of imide groups is 1. The summed E-state index contributed by atoms with van der Waals surface area (Å²) in [7, 11) is 0. The minimum atomic E-state index is -0.636. The van der Waals surface area contributed by atoms with Gasteiger partial charge in [0.15, 0.2) is 0 Å². The fraction of sp³-hybridized carbons (Fsp3) is 0.111. The van der Waals surface area contributed by atoms with Crippen LogP contribution in [0.2, 0.25) is 10.0 Å². The van der Waals surface area contributed by atoms with Crippen LogP contribution in [0, 0.1) is 13.8 Å². The number of carbonyl (C=O) groups is 2. The number of anilines is 2. The van der Waals surface area contributed by atoms with Gasteiger partial charge in [-0.05, 0) is 55.3 Å². The van der Waals surface area contributed by atoms with Crippen molar-refractivity contribution in [2.45, 2.75) is 13.8 Å². The zero-order chi connectivity index (χ0) is 18.3. The van der Waals surface area contributed by atoms with Gasteiger partial charge in [-0.1, -0.05) is 40.9 Å². The summed E-state index contributed by atoms with van der Waals surface area (Å²) in [6, 6.07) is 10.2. The zero-order valence-corrected chi connectivity index (χ0v) is 15.6. The highest BCUT2D eigenvalue weighted by molar-refractivity contribution is 6.53. The van der Waals surface area contributed by atoms with Crippen molar-refractivity contribution in [2.75, 3.05) is 10.2 Å². The van der Waals surface area contributed by atoms with Gasteiger partial charge in [0.25, 0.3) is 11.8 Å². The van der Waals surface area contributed by atoms with Crippen LogP contribution in [0.3, 0.4) is 0 Å². The molecule has 128 valence electrons. The number of halogens is 3. The number of amides is 2. The van der Waals surface area contributed by atoms with E-state index in [1.54, 1.807) is 6.07 Å². The van der Waals surface area contributed by atoms with E-state index in [1.807, 2.05) is 32.0 Å². The highest BCUT2D eigenvalue weighted by atomic mass is 35.5. The van der Waals surface area contributed by atoms with Gasteiger partial charge in [0.2, 0.25) is 0 Å². The van der Waals surface area contributed by atoms with Gasteiger partial charge in [-0.3, -0.25) is 9.59 Å². The Labute approximate surface area is 160 Å². The third-order valence-electron chi connectivity index (χ3n) is 3.67. The van der Waals surface area contributed by atoms with Crippen molar-refractivity contribution < 1.29 is 9.59 Å². The topological polar surface area (TPSA) is 49.4 Å². The third-order valence-corrected chi connectivity index (χ3v) is 4.56. The highest BCUT2D eigenvalue weighted by Gasteiger charge is 2.39. The number of hydrogen-bond acceptors (Lipinski definition) is 3. The molecule has 0 atom stereocenters. The summed E-state index contributed by atoms with van der Waals surface area (Å²) in [4.78, 5) is 26.2. The molecular weight excluding hydrogens is 383 g/mol. The van der Waals surface area contributed by atoms with Gasteiger partial charge < -0.3 is 5.32 Å². The van der Waals surface area contributed by atoms with Crippen LogP contribution in [0.4, 0.5) is 11.4 Å². The van der Waals surface area contributed by atoms with Crippen LogP contribution in [0.1, 0.15) is 11.1 Å². The van der Waals surface area contributed by atoms with E-state index in [-0.39, 0.29) is 21.4 Å². The van der Waals surface area contributed by atoms with Gasteiger partial charge in [0.1, 0.15) is 10.7 Å². The number of nitrogens with one attached hydrogen (secondary N) is 1. The minimum absolute atomic E-state index is 0.0164. The van der Waals surface area contributed by atoms with Gasteiger partial charge in [0, 0.05) is 10.7 Å². The maximum atomic E-state index is 12.7. The van der Waals surface area contributed by atoms with Crippen molar-refractivity contribution >= 4 is 58.0 Å². The Bertz CT molecular complexity index is 918. The highest BCUT2D eigenvalue weighted by Crippen LogP contribution is 2.35. The molecule has 0 bridgehead atoms. The molecule has 0 aromatic heterocycles. The van der Waals surface area contributed by atoms with E-state index in [0.29, 0.717) is 10.7 Å². The van der Waals surface area contributed by atoms with E-state index < -0.39 is 11.8 Å². The molecule has 1 heterocycles. The van der Waals surface area contributed by atoms with Gasteiger partial charge in [-0.15, -0.1) is 0 Å². The molecule has 0 aliphatic carbocycles. The average molecular weight is 396 g/mol. The number of hydrogen-bond donors (Lipinski definition) is 1. The average Bonchev–Trinajstić information content (AvgIpc) is 2.71. The second-order valence-corrected chi connectivity index (χ2v) is 6.95. The first-order valence-corrected chi connectivity index (χ1v) is 8.50. The maximum absolute atomic E-state index is 12.7. The number of aryl methyl sites for hydroxylation is 2. The van der Waals surface area contributed by atoms with Crippen molar-refractivity contribution in [3.63, 3.8) is 0 Å². The number of nitrogens with zero attached hydrogens (tertiary/aromatic N) is 1. The molecule has 0 saturated carbocycles. The Morgan fingerprint density at radius 2 is 1.52 bits per heavy atom. The van der Waals surface area contributed by atoms with Crippen molar-refractivity contribution in [1.29, 1.82) is 0 Å². The molecule has 0 saturated heterocycles. The summed E-state index contributed by atoms with van der Waals surface area (Å²) < 4.78 is 0. The molecule has 25 heavy (non-hydrogen) atoms. The molecule has 1 N–H and O–H groups in total. The minimum Gasteiger partial charge on any atom is -0.350 e. The van der Waals surface area contributed by atoms with E-state index in [2.05, 4.69) is 5.32 Å². The molecular formula is C18H13Cl3N2O2. The summed E-state index contributed by atoms with van der Waals surface area (Å²) in [5, 5.41) is 3.35. The lowest BCUT2D eigenvalue weighted by Crippen LogP contribution is -2.32. The smallest absolute Gasteiger partial charge is 0.283 e. The van der Waals surface area contributed by atoms with Gasteiger partial charge in [-0.25, -0.2) is 4.90 Å². The first-order valence-electron chi connectivity index (χ1n) is 7.37. The molecule has 4 nitrogen and oxygen atoms in total. The standard InChI is InChI=1S/C18H13Cl3N2O2/c1-9-5-10(2)7-12(6-9)22-16-15(21)17(24)23(18(16)25)14-4-3-11(19)8-13(14)20/h3-8,22H,1-2H3. The summed E-state index contributed by atoms with van der Waals surface area (Å²) >= 11 is 18.1. The normalized spacial score (nSPS) is 14.5. The quantitative estimate of drug-likeness (QED) is 0.740. The fourth-order valence-electron chi connectivity index (χ4n) is 2.68. The zero-order valence-electron chi connectivity index (χ0n) is 13.4. The van der Waals surface area contributed by atoms with Gasteiger partial charge >= 0.3 is 0 Å². The molecule has 0 unspecified atom stereocenters. The Morgan fingerprint density at radius 1 is 0.880 bits per heavy atom. The molecule has 0 spiro atoms. The first kappa shape index (κ1) is 17.8. The summed E-state index contributed by atoms with van der Waals surface area (Å²) in [5.74, 6) is -1.21. The predicted octanol–water partition coefficient (Wildman–Crippen LogP) is 5.05. The molecule has 2 aromatic rings. The van der Waals surface area contributed by atoms with Crippen LogP contribution in [-0.2, 0) is 9.59 Å². The Hall–Kier alpha value is -2.01. The molecule has 1 aliphatic heterocycles. The second kappa shape index (κ2) is 6.71. The SMILES string of the molecule is Cc1cc(C)cc(NC2=C(Cl)C(=O)N(c3ccc(Cl)cc3Cl)C2=O)c1. The molecule has 2 aromatic carbocycles. The fourth-order valence-corrected chi connectivity index (χ4v) is 3.39. The largest absolute Gasteiger partial charge is 0.350 e. The van der Waals surface area contributed by atoms with Crippen molar-refractivity contribution in [3.8, 4) is 0 Å². The van der Waals surface area contributed by atoms with Crippen molar-refractivity contribution in [2.24, 2.45) is 0 Å². The Kier molecular flexibility index (Phi) is 4.78. The van der Waals surface area contributed by atoms with Crippen LogP contribution in [0.15, 0.2) is 47.1 Å². The van der Waals surface area contributed by atoms with E-state index >= 15 is 0 Å². The lowest BCUT2D eigenvalue weighted by molar-refractivity contribution is -0.120. The first-order chi connectivity index (χ1) is 11.8. The van der Waals surface area contributed by atoms with E-state index in [9.17, 15) is 9.59 Å². The summed E-state index contributed by atoms with van der Waals surface area (Å²) in [5.41, 5.74) is 2.97. The van der Waals surface area contributed by atoms with Gasteiger partial charge in [-0.2, -0.15) is 0 Å². The predicted molar refractivity (Wildman–Crippen MR) is 101 cm³/mol. The van der Waals surface area contributed by atoms with Crippen LogP contribution in [0.5, 0.6) is 0 Å². The molecule has 0 fully saturated rings. The van der Waals surface area contributed by atoms with E-state index in [1.165, 1.54) is 12.1 Å². The van der Waals surface area contributed by atoms with Crippen LogP contribution < -0.4 is 10.2 Å². The number of rotatable bonds is 3. The van der Waals surface area contributed by atoms with Crippen molar-refractivity contribution in [1.82, 2.24) is 0 Å². The summed E-state index contributed by atoms with van der Waals surface area (Å²) in [6.45, 7) is 3.88. The molecule has 3 rings (SSSR count). The maximum Gasteiger partial charge on any atom is 0.283 e. The monoisotopic (exact) mass is 394 g/mol. The molecule has 7 heteroatoms. The molecule has 2 amide bonds.